The molecule has 92 valence electrons. The van der Waals surface area contributed by atoms with Crippen molar-refractivity contribution in [3.63, 3.8) is 0 Å². The molecule has 18 heavy (non-hydrogen) atoms. The summed E-state index contributed by atoms with van der Waals surface area (Å²) in [6.07, 6.45) is 1.19. The van der Waals surface area contributed by atoms with Gasteiger partial charge in [-0.05, 0) is 30.7 Å². The van der Waals surface area contributed by atoms with Crippen molar-refractivity contribution < 1.29 is 4.79 Å². The Bertz CT molecular complexity index is 652. The molecule has 0 atom stereocenters. The van der Waals surface area contributed by atoms with Crippen molar-refractivity contribution >= 4 is 23.2 Å². The minimum atomic E-state index is -0.438. The van der Waals surface area contributed by atoms with E-state index in [-0.39, 0.29) is 11.3 Å². The number of aryl methyl sites for hydroxylation is 1. The van der Waals surface area contributed by atoms with Crippen LogP contribution in [0.5, 0.6) is 0 Å². The topological polar surface area (TPSA) is 74.8 Å². The Balaban J connectivity index is 2.24. The van der Waals surface area contributed by atoms with Gasteiger partial charge in [0.1, 0.15) is 5.69 Å². The Morgan fingerprint density at radius 2 is 2.17 bits per heavy atom. The third-order valence-electron chi connectivity index (χ3n) is 2.35. The van der Waals surface area contributed by atoms with E-state index in [0.29, 0.717) is 10.7 Å². The van der Waals surface area contributed by atoms with Crippen LogP contribution in [-0.4, -0.2) is 15.9 Å². The van der Waals surface area contributed by atoms with Gasteiger partial charge in [0.15, 0.2) is 0 Å². The number of amides is 1. The molecule has 1 aromatic heterocycles. The smallest absolute Gasteiger partial charge is 0.274 e. The number of aromatic nitrogens is 2. The first-order chi connectivity index (χ1) is 8.56. The van der Waals surface area contributed by atoms with Crippen LogP contribution in [0.1, 0.15) is 16.1 Å². The highest BCUT2D eigenvalue weighted by molar-refractivity contribution is 6.30. The standard InChI is InChI=1S/C12H10ClN3O2/c1-7-4-8(13)2-3-9(7)16-12(18)10-5-11(17)15-6-14-10/h2-6H,1H3,(H,16,18)(H,14,15,17). The van der Waals surface area contributed by atoms with Crippen molar-refractivity contribution in [2.24, 2.45) is 0 Å². The number of benzene rings is 1. The summed E-state index contributed by atoms with van der Waals surface area (Å²) < 4.78 is 0. The summed E-state index contributed by atoms with van der Waals surface area (Å²) in [6, 6.07) is 6.25. The monoisotopic (exact) mass is 263 g/mol. The summed E-state index contributed by atoms with van der Waals surface area (Å²) >= 11 is 5.82. The average Bonchev–Trinajstić information content (AvgIpc) is 2.32. The van der Waals surface area contributed by atoms with Crippen LogP contribution in [0.25, 0.3) is 0 Å². The molecule has 5 nitrogen and oxygen atoms in total. The number of hydrogen-bond acceptors (Lipinski definition) is 3. The Labute approximate surface area is 108 Å². The molecule has 6 heteroatoms. The maximum Gasteiger partial charge on any atom is 0.274 e. The minimum absolute atomic E-state index is 0.0631. The third-order valence-corrected chi connectivity index (χ3v) is 2.58. The molecule has 0 fully saturated rings. The van der Waals surface area contributed by atoms with E-state index in [1.54, 1.807) is 18.2 Å². The Hall–Kier alpha value is -2.14. The molecule has 0 bridgehead atoms. The number of aromatic amines is 1. The molecule has 1 aromatic carbocycles. The predicted octanol–water partition coefficient (Wildman–Crippen LogP) is 1.98. The number of hydrogen-bond donors (Lipinski definition) is 2. The first-order valence-corrected chi connectivity index (χ1v) is 5.56. The van der Waals surface area contributed by atoms with Gasteiger partial charge >= 0.3 is 0 Å². The van der Waals surface area contributed by atoms with Crippen molar-refractivity contribution in [3.8, 4) is 0 Å². The molecule has 1 heterocycles. The number of carbonyl (C=O) groups is 1. The average molecular weight is 264 g/mol. The van der Waals surface area contributed by atoms with Gasteiger partial charge in [-0.15, -0.1) is 0 Å². The molecular formula is C12H10ClN3O2. The molecule has 0 radical (unpaired) electrons. The lowest BCUT2D eigenvalue weighted by Crippen LogP contribution is -2.18. The SMILES string of the molecule is Cc1cc(Cl)ccc1NC(=O)c1cc(=O)[nH]cn1. The van der Waals surface area contributed by atoms with Crippen molar-refractivity contribution in [1.82, 2.24) is 9.97 Å². The van der Waals surface area contributed by atoms with Crippen LogP contribution in [0.2, 0.25) is 5.02 Å². The molecule has 2 N–H and O–H groups in total. The minimum Gasteiger partial charge on any atom is -0.320 e. The molecule has 2 aromatic rings. The van der Waals surface area contributed by atoms with E-state index < -0.39 is 5.91 Å². The van der Waals surface area contributed by atoms with E-state index >= 15 is 0 Å². The first kappa shape index (κ1) is 12.3. The fourth-order valence-corrected chi connectivity index (χ4v) is 1.67. The summed E-state index contributed by atoms with van der Waals surface area (Å²) in [7, 11) is 0. The Kier molecular flexibility index (Phi) is 3.43. The molecule has 0 unspecified atom stereocenters. The molecule has 2 rings (SSSR count). The van der Waals surface area contributed by atoms with Gasteiger partial charge in [0.25, 0.3) is 11.5 Å². The third kappa shape index (κ3) is 2.75. The molecule has 0 saturated carbocycles. The number of H-pyrrole nitrogens is 1. The Morgan fingerprint density at radius 3 is 2.83 bits per heavy atom. The molecule has 0 aliphatic carbocycles. The molecule has 0 aliphatic heterocycles. The van der Waals surface area contributed by atoms with Gasteiger partial charge in [-0.3, -0.25) is 9.59 Å². The number of carbonyl (C=O) groups excluding carboxylic acids is 1. The normalized spacial score (nSPS) is 10.1. The lowest BCUT2D eigenvalue weighted by atomic mass is 10.2. The van der Waals surface area contributed by atoms with Gasteiger partial charge in [0.05, 0.1) is 6.33 Å². The van der Waals surface area contributed by atoms with E-state index in [0.717, 1.165) is 11.6 Å². The number of anilines is 1. The van der Waals surface area contributed by atoms with Crippen molar-refractivity contribution in [2.45, 2.75) is 6.92 Å². The van der Waals surface area contributed by atoms with Gasteiger partial charge < -0.3 is 10.3 Å². The largest absolute Gasteiger partial charge is 0.320 e. The van der Waals surface area contributed by atoms with E-state index in [1.165, 1.54) is 6.33 Å². The van der Waals surface area contributed by atoms with Crippen LogP contribution in [0.4, 0.5) is 5.69 Å². The summed E-state index contributed by atoms with van der Waals surface area (Å²) in [4.78, 5) is 29.0. The number of rotatable bonds is 2. The van der Waals surface area contributed by atoms with E-state index in [1.807, 2.05) is 6.92 Å². The number of nitrogens with zero attached hydrogens (tertiary/aromatic N) is 1. The zero-order valence-electron chi connectivity index (χ0n) is 9.53. The molecule has 0 spiro atoms. The van der Waals surface area contributed by atoms with Gasteiger partial charge in [0, 0.05) is 16.8 Å². The second-order valence-corrected chi connectivity index (χ2v) is 4.15. The summed E-state index contributed by atoms with van der Waals surface area (Å²) in [6.45, 7) is 1.83. The summed E-state index contributed by atoms with van der Waals surface area (Å²) in [5.41, 5.74) is 1.16. The van der Waals surface area contributed by atoms with Gasteiger partial charge in [0.2, 0.25) is 0 Å². The maximum atomic E-state index is 11.8. The van der Waals surface area contributed by atoms with Crippen LogP contribution in [0.3, 0.4) is 0 Å². The van der Waals surface area contributed by atoms with E-state index in [4.69, 9.17) is 11.6 Å². The lowest BCUT2D eigenvalue weighted by molar-refractivity contribution is 0.102. The van der Waals surface area contributed by atoms with Crippen molar-refractivity contribution in [1.29, 1.82) is 0 Å². The highest BCUT2D eigenvalue weighted by Gasteiger charge is 2.09. The van der Waals surface area contributed by atoms with E-state index in [9.17, 15) is 9.59 Å². The highest BCUT2D eigenvalue weighted by Crippen LogP contribution is 2.19. The zero-order valence-corrected chi connectivity index (χ0v) is 10.3. The fraction of sp³-hybridized carbons (Fsp3) is 0.0833. The number of halogens is 1. The second-order valence-electron chi connectivity index (χ2n) is 3.71. The Morgan fingerprint density at radius 1 is 1.39 bits per heavy atom. The van der Waals surface area contributed by atoms with Crippen molar-refractivity contribution in [3.05, 3.63) is 57.2 Å². The van der Waals surface area contributed by atoms with Crippen LogP contribution in [-0.2, 0) is 0 Å². The number of nitrogens with one attached hydrogen (secondary N) is 2. The van der Waals surface area contributed by atoms with Crippen LogP contribution in [0.15, 0.2) is 35.4 Å². The second kappa shape index (κ2) is 5.01. The van der Waals surface area contributed by atoms with Gasteiger partial charge in [-0.2, -0.15) is 0 Å². The highest BCUT2D eigenvalue weighted by atomic mass is 35.5. The van der Waals surface area contributed by atoms with Crippen molar-refractivity contribution in [2.75, 3.05) is 5.32 Å². The summed E-state index contributed by atoms with van der Waals surface area (Å²) in [5.74, 6) is -0.438. The van der Waals surface area contributed by atoms with Crippen LogP contribution >= 0.6 is 11.6 Å². The van der Waals surface area contributed by atoms with Crippen LogP contribution in [0, 0.1) is 6.92 Å². The zero-order chi connectivity index (χ0) is 13.1. The van der Waals surface area contributed by atoms with E-state index in [2.05, 4.69) is 15.3 Å². The van der Waals surface area contributed by atoms with Gasteiger partial charge in [-0.1, -0.05) is 11.6 Å². The van der Waals surface area contributed by atoms with Crippen LogP contribution < -0.4 is 10.9 Å². The molecule has 0 saturated heterocycles. The molecular weight excluding hydrogens is 254 g/mol. The summed E-state index contributed by atoms with van der Waals surface area (Å²) in [5, 5.41) is 3.27. The molecule has 0 aliphatic rings. The predicted molar refractivity (Wildman–Crippen MR) is 69.0 cm³/mol. The van der Waals surface area contributed by atoms with Gasteiger partial charge in [-0.25, -0.2) is 4.98 Å². The maximum absolute atomic E-state index is 11.8. The molecule has 1 amide bonds. The fourth-order valence-electron chi connectivity index (χ4n) is 1.45. The quantitative estimate of drug-likeness (QED) is 0.870. The first-order valence-electron chi connectivity index (χ1n) is 5.18. The lowest BCUT2D eigenvalue weighted by Gasteiger charge is -2.07.